The maximum absolute atomic E-state index is 13.6. The second kappa shape index (κ2) is 15.7. The summed E-state index contributed by atoms with van der Waals surface area (Å²) in [7, 11) is -8.52. The van der Waals surface area contributed by atoms with Gasteiger partial charge in [0.25, 0.3) is 0 Å². The normalized spacial score (nSPS) is 25.2. The third-order valence-corrected chi connectivity index (χ3v) is 12.7. The summed E-state index contributed by atoms with van der Waals surface area (Å²) in [5, 5.41) is -0.294. The van der Waals surface area contributed by atoms with Gasteiger partial charge in [0.05, 0.1) is 11.3 Å². The standard InChI is InChI=1S/C35H56FNO8SSi4/c1-23-20-25(16-19-27(23)37-29(38)22-46-33(37)24-14-17-26(36)18-15-24)34(39)40-21-28-30(42-47(2,3)4)31(43-48(5,6)7)32(44-49(8,9)10)35(41-28)45-50(11,12)13/h14-20,28,30-33,35H,21-22H2,1-13H3/t28-,30-,31+,32-,33?,35?/m1/s1. The third kappa shape index (κ3) is 11.4. The first-order valence-electron chi connectivity index (χ1n) is 17.2. The average molecular weight is 782 g/mol. The van der Waals surface area contributed by atoms with Crippen LogP contribution in [0.5, 0.6) is 0 Å². The molecule has 2 fully saturated rings. The molecule has 2 saturated heterocycles. The number of ether oxygens (including phenoxy) is 2. The van der Waals surface area contributed by atoms with Crippen LogP contribution in [0.3, 0.4) is 0 Å². The number of thioether (sulfide) groups is 1. The number of hydrogen-bond acceptors (Lipinski definition) is 9. The van der Waals surface area contributed by atoms with Crippen LogP contribution >= 0.6 is 11.8 Å². The van der Waals surface area contributed by atoms with Crippen LogP contribution in [0.4, 0.5) is 10.1 Å². The van der Waals surface area contributed by atoms with Crippen LogP contribution in [-0.2, 0) is 32.0 Å². The fourth-order valence-corrected chi connectivity index (χ4v) is 11.2. The lowest BCUT2D eigenvalue weighted by Crippen LogP contribution is -2.67. The lowest BCUT2D eigenvalue weighted by Gasteiger charge is -2.51. The van der Waals surface area contributed by atoms with E-state index in [0.717, 1.165) is 11.1 Å². The Balaban J connectivity index is 1.61. The van der Waals surface area contributed by atoms with Crippen molar-refractivity contribution in [2.24, 2.45) is 0 Å². The maximum atomic E-state index is 13.6. The molecule has 0 N–H and O–H groups in total. The average Bonchev–Trinajstić information content (AvgIpc) is 3.33. The zero-order valence-electron chi connectivity index (χ0n) is 31.9. The number of amides is 1. The Morgan fingerprint density at radius 2 is 1.34 bits per heavy atom. The largest absolute Gasteiger partial charge is 0.459 e. The predicted molar refractivity (Wildman–Crippen MR) is 208 cm³/mol. The fourth-order valence-electron chi connectivity index (χ4n) is 5.93. The van der Waals surface area contributed by atoms with Crippen molar-refractivity contribution in [3.63, 3.8) is 0 Å². The number of rotatable bonds is 13. The number of esters is 1. The highest BCUT2D eigenvalue weighted by Gasteiger charge is 2.53. The molecule has 0 spiro atoms. The molecular formula is C35H56FNO8SSi4. The van der Waals surface area contributed by atoms with E-state index in [0.29, 0.717) is 17.0 Å². The molecule has 50 heavy (non-hydrogen) atoms. The molecule has 6 atom stereocenters. The first-order valence-corrected chi connectivity index (χ1v) is 31.9. The third-order valence-electron chi connectivity index (χ3n) is 7.62. The van der Waals surface area contributed by atoms with Gasteiger partial charge in [0.2, 0.25) is 5.91 Å². The van der Waals surface area contributed by atoms with Crippen molar-refractivity contribution in [2.75, 3.05) is 17.3 Å². The van der Waals surface area contributed by atoms with E-state index in [9.17, 15) is 14.0 Å². The minimum Gasteiger partial charge on any atom is -0.459 e. The number of hydrogen-bond donors (Lipinski definition) is 0. The Morgan fingerprint density at radius 3 is 1.88 bits per heavy atom. The number of anilines is 1. The number of carbonyl (C=O) groups excluding carboxylic acids is 2. The summed E-state index contributed by atoms with van der Waals surface area (Å²) in [5.41, 5.74) is 2.62. The Morgan fingerprint density at radius 1 is 0.800 bits per heavy atom. The van der Waals surface area contributed by atoms with Gasteiger partial charge in [-0.3, -0.25) is 9.69 Å². The zero-order valence-corrected chi connectivity index (χ0v) is 36.7. The summed E-state index contributed by atoms with van der Waals surface area (Å²) in [5.74, 6) is -0.587. The van der Waals surface area contributed by atoms with E-state index < -0.39 is 69.9 Å². The van der Waals surface area contributed by atoms with Gasteiger partial charge >= 0.3 is 5.97 Å². The molecule has 2 unspecified atom stereocenters. The molecule has 2 aliphatic rings. The Kier molecular flexibility index (Phi) is 12.9. The number of aryl methyl sites for hydroxylation is 1. The van der Waals surface area contributed by atoms with Crippen LogP contribution in [0.15, 0.2) is 42.5 Å². The highest BCUT2D eigenvalue weighted by molar-refractivity contribution is 8.00. The van der Waals surface area contributed by atoms with Gasteiger partial charge in [0.15, 0.2) is 39.6 Å². The molecule has 4 rings (SSSR count). The first kappa shape index (κ1) is 41.1. The summed E-state index contributed by atoms with van der Waals surface area (Å²) in [6.45, 7) is 27.3. The van der Waals surface area contributed by atoms with Crippen molar-refractivity contribution in [2.45, 2.75) is 122 Å². The maximum Gasteiger partial charge on any atom is 0.338 e. The van der Waals surface area contributed by atoms with Crippen molar-refractivity contribution < 1.29 is 41.2 Å². The van der Waals surface area contributed by atoms with Crippen molar-refractivity contribution in [3.05, 3.63) is 65.0 Å². The van der Waals surface area contributed by atoms with Gasteiger partial charge in [-0.05, 0) is 127 Å². The second-order valence-electron chi connectivity index (χ2n) is 16.9. The van der Waals surface area contributed by atoms with Crippen LogP contribution in [0, 0.1) is 12.7 Å². The van der Waals surface area contributed by atoms with E-state index in [1.807, 2.05) is 6.92 Å². The van der Waals surface area contributed by atoms with Crippen molar-refractivity contribution in [1.29, 1.82) is 0 Å². The fraction of sp³-hybridized carbons (Fsp3) is 0.600. The summed E-state index contributed by atoms with van der Waals surface area (Å²) in [6.07, 6.45) is -2.91. The quantitative estimate of drug-likeness (QED) is 0.147. The Labute approximate surface area is 306 Å². The smallest absolute Gasteiger partial charge is 0.338 e. The van der Waals surface area contributed by atoms with Crippen LogP contribution in [-0.4, -0.2) is 88.2 Å². The van der Waals surface area contributed by atoms with Gasteiger partial charge in [0.1, 0.15) is 42.2 Å². The summed E-state index contributed by atoms with van der Waals surface area (Å²) >= 11 is 1.49. The summed E-state index contributed by atoms with van der Waals surface area (Å²) < 4.78 is 53.4. The van der Waals surface area contributed by atoms with Crippen molar-refractivity contribution in [1.82, 2.24) is 0 Å². The molecule has 2 aromatic carbocycles. The van der Waals surface area contributed by atoms with E-state index in [4.69, 9.17) is 27.2 Å². The highest BCUT2D eigenvalue weighted by atomic mass is 32.2. The summed E-state index contributed by atoms with van der Waals surface area (Å²) in [6, 6.07) is 11.4. The van der Waals surface area contributed by atoms with Crippen LogP contribution in [0.2, 0.25) is 78.6 Å². The molecule has 0 radical (unpaired) electrons. The van der Waals surface area contributed by atoms with Gasteiger partial charge in [-0.25, -0.2) is 9.18 Å². The van der Waals surface area contributed by atoms with Crippen molar-refractivity contribution in [3.8, 4) is 0 Å². The van der Waals surface area contributed by atoms with E-state index >= 15 is 0 Å². The lowest BCUT2D eigenvalue weighted by atomic mass is 9.99. The molecule has 9 nitrogen and oxygen atoms in total. The highest BCUT2D eigenvalue weighted by Crippen LogP contribution is 2.43. The molecule has 0 bridgehead atoms. The monoisotopic (exact) mass is 781 g/mol. The van der Waals surface area contributed by atoms with E-state index in [2.05, 4.69) is 78.6 Å². The Bertz CT molecular complexity index is 1510. The molecule has 1 amide bonds. The molecule has 278 valence electrons. The number of halogens is 1. The molecule has 2 heterocycles. The topological polar surface area (TPSA) is 92.8 Å². The van der Waals surface area contributed by atoms with Gasteiger partial charge in [0, 0.05) is 5.69 Å². The number of carbonyl (C=O) groups is 2. The number of benzene rings is 2. The molecule has 2 aliphatic heterocycles. The molecule has 2 aromatic rings. The lowest BCUT2D eigenvalue weighted by molar-refractivity contribution is -0.269. The first-order chi connectivity index (χ1) is 22.9. The Hall–Kier alpha value is -1.67. The summed E-state index contributed by atoms with van der Waals surface area (Å²) in [4.78, 5) is 28.4. The SMILES string of the molecule is Cc1cc(C(=O)OC[C@H]2OC(O[Si](C)(C)C)[C@H](O[Si](C)(C)C)[C@@H](O[Si](C)(C)C)[C@@H]2O[Si](C)(C)C)ccc1N1C(=O)CSC1c1ccc(F)cc1. The molecular weight excluding hydrogens is 726 g/mol. The van der Waals surface area contributed by atoms with Crippen LogP contribution in [0.25, 0.3) is 0 Å². The van der Waals surface area contributed by atoms with E-state index in [-0.39, 0.29) is 23.7 Å². The molecule has 0 aliphatic carbocycles. The van der Waals surface area contributed by atoms with Gasteiger partial charge in [-0.2, -0.15) is 0 Å². The predicted octanol–water partition coefficient (Wildman–Crippen LogP) is 8.31. The van der Waals surface area contributed by atoms with Gasteiger partial charge in [-0.15, -0.1) is 11.8 Å². The second-order valence-corrected chi connectivity index (χ2v) is 35.8. The minimum atomic E-state index is -2.16. The zero-order chi connectivity index (χ0) is 37.4. The van der Waals surface area contributed by atoms with Gasteiger partial charge in [-0.1, -0.05) is 12.1 Å². The van der Waals surface area contributed by atoms with E-state index in [1.165, 1.54) is 23.9 Å². The van der Waals surface area contributed by atoms with E-state index in [1.54, 1.807) is 35.2 Å². The molecule has 0 saturated carbocycles. The van der Waals surface area contributed by atoms with Crippen molar-refractivity contribution >= 4 is 62.6 Å². The van der Waals surface area contributed by atoms with Crippen LogP contribution in [0.1, 0.15) is 26.9 Å². The molecule has 0 aromatic heterocycles. The van der Waals surface area contributed by atoms with Gasteiger partial charge < -0.3 is 27.2 Å². The number of nitrogens with zero attached hydrogens (tertiary/aromatic N) is 1. The minimum absolute atomic E-state index is 0.0489. The van der Waals surface area contributed by atoms with Crippen LogP contribution < -0.4 is 4.90 Å². The molecule has 15 heteroatoms.